The molecular weight excluding hydrogens is 479 g/mol. The van der Waals surface area contributed by atoms with Crippen LogP contribution in [0.2, 0.25) is 0 Å². The fourth-order valence-corrected chi connectivity index (χ4v) is 6.01. The number of amides is 1. The zero-order valence-electron chi connectivity index (χ0n) is 20.3. The summed E-state index contributed by atoms with van der Waals surface area (Å²) in [5.41, 5.74) is 2.15. The molecule has 3 aromatic rings. The standard InChI is InChI=1S/C27H23FN4O5/c1-4-27(36)16-7-20-24-14(10-32(20)25(34)15(16)11-37-26(27)35)23-18(30-21(33)9-29-3)6-5-13-12(2)17(28)8-19(31-24)22(13)23/h7-8,18,36H,4-6,9-11H2,1-2H3,(H,30,33)/t18-,27-/m0/s1. The van der Waals surface area contributed by atoms with E-state index in [1.54, 1.807) is 19.9 Å². The van der Waals surface area contributed by atoms with Crippen molar-refractivity contribution in [3.8, 4) is 11.4 Å². The molecule has 0 fully saturated rings. The Labute approximate surface area is 210 Å². The van der Waals surface area contributed by atoms with Crippen molar-refractivity contribution < 1.29 is 23.8 Å². The number of nitrogens with one attached hydrogen (secondary N) is 1. The number of carbonyl (C=O) groups excluding carboxylic acids is 2. The number of ether oxygens (including phenoxy) is 1. The van der Waals surface area contributed by atoms with Crippen LogP contribution in [0.25, 0.3) is 27.1 Å². The highest BCUT2D eigenvalue weighted by molar-refractivity contribution is 5.94. The summed E-state index contributed by atoms with van der Waals surface area (Å²) < 4.78 is 21.6. The number of aliphatic hydroxyl groups is 1. The third-order valence-electron chi connectivity index (χ3n) is 7.94. The summed E-state index contributed by atoms with van der Waals surface area (Å²) >= 11 is 0. The van der Waals surface area contributed by atoms with Crippen molar-refractivity contribution in [2.75, 3.05) is 6.54 Å². The molecule has 0 bridgehead atoms. The van der Waals surface area contributed by atoms with E-state index >= 15 is 0 Å². The second-order valence-electron chi connectivity index (χ2n) is 9.79. The number of aromatic nitrogens is 2. The Hall–Kier alpha value is -4.10. The van der Waals surface area contributed by atoms with Crippen molar-refractivity contribution in [2.45, 2.75) is 57.9 Å². The summed E-state index contributed by atoms with van der Waals surface area (Å²) in [7, 11) is 0. The minimum Gasteiger partial charge on any atom is -0.458 e. The first-order valence-corrected chi connectivity index (χ1v) is 12.1. The molecule has 0 saturated heterocycles. The van der Waals surface area contributed by atoms with Gasteiger partial charge >= 0.3 is 11.9 Å². The second-order valence-corrected chi connectivity index (χ2v) is 9.79. The van der Waals surface area contributed by atoms with Gasteiger partial charge < -0.3 is 24.6 Å². The van der Waals surface area contributed by atoms with Gasteiger partial charge in [0.05, 0.1) is 35.1 Å². The van der Waals surface area contributed by atoms with Crippen molar-refractivity contribution >= 4 is 22.8 Å². The first kappa shape index (κ1) is 23.3. The Morgan fingerprint density at radius 2 is 2.14 bits per heavy atom. The van der Waals surface area contributed by atoms with E-state index in [-0.39, 0.29) is 43.1 Å². The average molecular weight is 503 g/mol. The highest BCUT2D eigenvalue weighted by Gasteiger charge is 2.46. The Bertz CT molecular complexity index is 1670. The third-order valence-corrected chi connectivity index (χ3v) is 7.94. The number of nitrogens with zero attached hydrogens (tertiary/aromatic N) is 3. The van der Waals surface area contributed by atoms with Gasteiger partial charge in [0, 0.05) is 22.6 Å². The van der Waals surface area contributed by atoms with Gasteiger partial charge in [0.25, 0.3) is 12.1 Å². The van der Waals surface area contributed by atoms with Crippen LogP contribution in [-0.4, -0.2) is 33.1 Å². The highest BCUT2D eigenvalue weighted by atomic mass is 19.1. The van der Waals surface area contributed by atoms with Crippen molar-refractivity contribution in [3.63, 3.8) is 0 Å². The number of hydrogen-bond acceptors (Lipinski definition) is 6. The Balaban J connectivity index is 1.64. The molecule has 1 aromatic carbocycles. The smallest absolute Gasteiger partial charge is 0.343 e. The minimum absolute atomic E-state index is 0.0218. The quantitative estimate of drug-likeness (QED) is 0.329. The van der Waals surface area contributed by atoms with E-state index in [9.17, 15) is 23.9 Å². The molecule has 2 aromatic heterocycles. The largest absolute Gasteiger partial charge is 0.458 e. The molecule has 2 aliphatic heterocycles. The van der Waals surface area contributed by atoms with Gasteiger partial charge in [-0.2, -0.15) is 0 Å². The molecule has 2 N–H and O–H groups in total. The summed E-state index contributed by atoms with van der Waals surface area (Å²) in [5.74, 6) is -1.61. The van der Waals surface area contributed by atoms with Gasteiger partial charge in [0.1, 0.15) is 12.4 Å². The number of halogens is 1. The molecule has 2 atom stereocenters. The van der Waals surface area contributed by atoms with Crippen LogP contribution in [0.3, 0.4) is 0 Å². The maximum Gasteiger partial charge on any atom is 0.343 e. The molecule has 0 radical (unpaired) electrons. The lowest BCUT2D eigenvalue weighted by Crippen LogP contribution is -2.44. The van der Waals surface area contributed by atoms with Crippen molar-refractivity contribution in [3.05, 3.63) is 73.1 Å². The highest BCUT2D eigenvalue weighted by Crippen LogP contribution is 2.45. The van der Waals surface area contributed by atoms with Gasteiger partial charge in [-0.3, -0.25) is 9.59 Å². The van der Waals surface area contributed by atoms with Gasteiger partial charge in [-0.05, 0) is 48.9 Å². The number of pyridine rings is 2. The molecule has 188 valence electrons. The van der Waals surface area contributed by atoms with Crippen LogP contribution < -0.4 is 10.9 Å². The molecule has 6 rings (SSSR count). The lowest BCUT2D eigenvalue weighted by Gasteiger charge is -2.31. The predicted octanol–water partition coefficient (Wildman–Crippen LogP) is 2.55. The zero-order chi connectivity index (χ0) is 26.2. The van der Waals surface area contributed by atoms with Gasteiger partial charge in [-0.15, -0.1) is 0 Å². The number of fused-ring (bicyclic) bond motifs is 5. The van der Waals surface area contributed by atoms with Gasteiger partial charge in [-0.1, -0.05) is 6.92 Å². The van der Waals surface area contributed by atoms with Crippen molar-refractivity contribution in [1.82, 2.24) is 14.9 Å². The molecule has 0 unspecified atom stereocenters. The fourth-order valence-electron chi connectivity index (χ4n) is 6.01. The molecule has 0 spiro atoms. The van der Waals surface area contributed by atoms with Crippen LogP contribution in [0.15, 0.2) is 16.9 Å². The molecule has 3 aliphatic rings. The van der Waals surface area contributed by atoms with E-state index in [0.717, 1.165) is 22.1 Å². The van der Waals surface area contributed by atoms with Crippen LogP contribution >= 0.6 is 0 Å². The fraction of sp³-hybridized carbons (Fsp3) is 0.370. The second kappa shape index (κ2) is 7.95. The molecular formula is C27H23FN4O5. The number of aryl methyl sites for hydroxylation is 1. The molecule has 37 heavy (non-hydrogen) atoms. The average Bonchev–Trinajstić information content (AvgIpc) is 3.24. The van der Waals surface area contributed by atoms with E-state index in [1.165, 1.54) is 10.6 Å². The third kappa shape index (κ3) is 3.10. The van der Waals surface area contributed by atoms with E-state index in [0.29, 0.717) is 35.3 Å². The molecule has 1 aliphatic carbocycles. The minimum atomic E-state index is -1.96. The van der Waals surface area contributed by atoms with E-state index in [2.05, 4.69) is 10.2 Å². The zero-order valence-corrected chi connectivity index (χ0v) is 20.3. The maximum atomic E-state index is 14.9. The van der Waals surface area contributed by atoms with Gasteiger partial charge in [0.15, 0.2) is 5.60 Å². The normalized spacial score (nSPS) is 21.1. The van der Waals surface area contributed by atoms with Crippen LogP contribution in [0, 0.1) is 19.3 Å². The summed E-state index contributed by atoms with van der Waals surface area (Å²) in [6.45, 7) is 10.0. The van der Waals surface area contributed by atoms with Gasteiger partial charge in [-0.25, -0.2) is 20.7 Å². The Morgan fingerprint density at radius 1 is 1.35 bits per heavy atom. The van der Waals surface area contributed by atoms with Crippen molar-refractivity contribution in [1.29, 1.82) is 0 Å². The topological polar surface area (TPSA) is 115 Å². The van der Waals surface area contributed by atoms with E-state index in [4.69, 9.17) is 16.3 Å². The van der Waals surface area contributed by atoms with Crippen LogP contribution in [-0.2, 0) is 39.5 Å². The van der Waals surface area contributed by atoms with E-state index in [1.807, 2.05) is 0 Å². The summed E-state index contributed by atoms with van der Waals surface area (Å²) in [4.78, 5) is 46.4. The number of cyclic esters (lactones) is 1. The molecule has 1 amide bonds. The molecule has 0 saturated carbocycles. The molecule has 9 nitrogen and oxygen atoms in total. The molecule has 4 heterocycles. The number of hydrogen-bond donors (Lipinski definition) is 2. The lowest BCUT2D eigenvalue weighted by molar-refractivity contribution is -0.172. The Kier molecular flexibility index (Phi) is 5.01. The summed E-state index contributed by atoms with van der Waals surface area (Å²) in [5, 5.41) is 14.8. The first-order valence-electron chi connectivity index (χ1n) is 12.1. The van der Waals surface area contributed by atoms with Crippen LogP contribution in [0.5, 0.6) is 0 Å². The summed E-state index contributed by atoms with van der Waals surface area (Å²) in [6, 6.07) is 2.53. The number of benzene rings is 1. The van der Waals surface area contributed by atoms with Crippen LogP contribution in [0.1, 0.15) is 59.2 Å². The van der Waals surface area contributed by atoms with E-state index < -0.39 is 29.1 Å². The van der Waals surface area contributed by atoms with Gasteiger partial charge in [0.2, 0.25) is 0 Å². The summed E-state index contributed by atoms with van der Waals surface area (Å²) in [6.07, 6.45) is 1.06. The maximum absolute atomic E-state index is 14.9. The predicted molar refractivity (Wildman–Crippen MR) is 130 cm³/mol. The SMILES string of the molecule is [C-]#[N+]CC(=O)N[C@H]1CCc2c(C)c(F)cc3nc4c(c1c23)Cn1c-4cc2c(c1=O)COC(=O)[C@]2(O)CC. The lowest BCUT2D eigenvalue weighted by atomic mass is 9.81. The molecule has 10 heteroatoms. The van der Waals surface area contributed by atoms with Crippen LogP contribution in [0.4, 0.5) is 4.39 Å². The Morgan fingerprint density at radius 3 is 2.86 bits per heavy atom. The van der Waals surface area contributed by atoms with Crippen molar-refractivity contribution in [2.24, 2.45) is 0 Å². The number of carbonyl (C=O) groups is 2. The number of esters is 1. The monoisotopic (exact) mass is 502 g/mol. The number of rotatable bonds is 3. The first-order chi connectivity index (χ1) is 17.7.